The number of fused-ring (bicyclic) bond motifs is 1. The highest BCUT2D eigenvalue weighted by molar-refractivity contribution is 5.76. The van der Waals surface area contributed by atoms with Crippen LogP contribution in [-0.4, -0.2) is 34.5 Å². The molecule has 1 aromatic carbocycles. The van der Waals surface area contributed by atoms with E-state index in [0.29, 0.717) is 17.5 Å². The zero-order chi connectivity index (χ0) is 12.3. The largest absolute Gasteiger partial charge is 0.417 e. The first-order valence-corrected chi connectivity index (χ1v) is 5.34. The zero-order valence-corrected chi connectivity index (χ0v) is 9.14. The van der Waals surface area contributed by atoms with Crippen LogP contribution in [0.1, 0.15) is 6.42 Å². The van der Waals surface area contributed by atoms with E-state index in [9.17, 15) is 4.79 Å². The fourth-order valence-corrected chi connectivity index (χ4v) is 1.64. The second-order valence-electron chi connectivity index (χ2n) is 3.76. The SMILES string of the molecule is O=c1[nH]c2cc(NC(CO)CCO)ccc2o1. The van der Waals surface area contributed by atoms with E-state index >= 15 is 0 Å². The van der Waals surface area contributed by atoms with Crippen molar-refractivity contribution in [2.45, 2.75) is 12.5 Å². The molecule has 0 aliphatic heterocycles. The normalized spacial score (nSPS) is 12.8. The van der Waals surface area contributed by atoms with Crippen LogP contribution < -0.4 is 11.1 Å². The van der Waals surface area contributed by atoms with Crippen LogP contribution >= 0.6 is 0 Å². The molecule has 0 saturated heterocycles. The molecule has 0 spiro atoms. The Kier molecular flexibility index (Phi) is 3.46. The van der Waals surface area contributed by atoms with Gasteiger partial charge in [0, 0.05) is 12.3 Å². The van der Waals surface area contributed by atoms with Crippen molar-refractivity contribution in [2.75, 3.05) is 18.5 Å². The minimum Gasteiger partial charge on any atom is -0.408 e. The summed E-state index contributed by atoms with van der Waals surface area (Å²) in [7, 11) is 0. The molecule has 0 aliphatic rings. The first kappa shape index (κ1) is 11.7. The van der Waals surface area contributed by atoms with E-state index < -0.39 is 5.76 Å². The maximum Gasteiger partial charge on any atom is 0.417 e. The molecule has 4 N–H and O–H groups in total. The average Bonchev–Trinajstić information content (AvgIpc) is 2.68. The zero-order valence-electron chi connectivity index (χ0n) is 9.14. The molecule has 1 heterocycles. The standard InChI is InChI=1S/C11H14N2O4/c14-4-3-8(6-15)12-7-1-2-10-9(5-7)13-11(16)17-10/h1-2,5,8,12,14-15H,3-4,6H2,(H,13,16). The Balaban J connectivity index is 2.20. The Labute approximate surface area is 96.9 Å². The lowest BCUT2D eigenvalue weighted by Crippen LogP contribution is -2.24. The molecule has 2 rings (SSSR count). The predicted molar refractivity (Wildman–Crippen MR) is 63.0 cm³/mol. The lowest BCUT2D eigenvalue weighted by molar-refractivity contribution is 0.229. The Morgan fingerprint density at radius 1 is 1.41 bits per heavy atom. The number of aliphatic hydroxyl groups excluding tert-OH is 2. The van der Waals surface area contributed by atoms with Crippen molar-refractivity contribution in [3.05, 3.63) is 28.7 Å². The third-order valence-corrected chi connectivity index (χ3v) is 2.49. The maximum atomic E-state index is 11.0. The summed E-state index contributed by atoms with van der Waals surface area (Å²) >= 11 is 0. The predicted octanol–water partition coefficient (Wildman–Crippen LogP) is 0.276. The second kappa shape index (κ2) is 5.03. The van der Waals surface area contributed by atoms with E-state index in [0.717, 1.165) is 5.69 Å². The molecular weight excluding hydrogens is 224 g/mol. The average molecular weight is 238 g/mol. The fourth-order valence-electron chi connectivity index (χ4n) is 1.64. The number of benzene rings is 1. The lowest BCUT2D eigenvalue weighted by atomic mass is 10.2. The molecule has 0 radical (unpaired) electrons. The van der Waals surface area contributed by atoms with Gasteiger partial charge in [0.1, 0.15) is 0 Å². The molecule has 0 saturated carbocycles. The van der Waals surface area contributed by atoms with Crippen molar-refractivity contribution < 1.29 is 14.6 Å². The van der Waals surface area contributed by atoms with Gasteiger partial charge in [-0.15, -0.1) is 0 Å². The Bertz CT molecular complexity index is 546. The maximum absolute atomic E-state index is 11.0. The van der Waals surface area contributed by atoms with Gasteiger partial charge in [-0.2, -0.15) is 0 Å². The summed E-state index contributed by atoms with van der Waals surface area (Å²) in [6.07, 6.45) is 0.455. The van der Waals surface area contributed by atoms with Crippen molar-refractivity contribution >= 4 is 16.8 Å². The van der Waals surface area contributed by atoms with Crippen molar-refractivity contribution in [1.29, 1.82) is 0 Å². The number of aromatic amines is 1. The van der Waals surface area contributed by atoms with Crippen LogP contribution in [0.5, 0.6) is 0 Å². The molecule has 0 fully saturated rings. The molecule has 1 atom stereocenters. The number of anilines is 1. The highest BCUT2D eigenvalue weighted by atomic mass is 16.4. The molecule has 0 aliphatic carbocycles. The molecule has 1 aromatic heterocycles. The van der Waals surface area contributed by atoms with Crippen LogP contribution in [-0.2, 0) is 0 Å². The molecule has 1 unspecified atom stereocenters. The highest BCUT2D eigenvalue weighted by Gasteiger charge is 2.07. The van der Waals surface area contributed by atoms with Crippen LogP contribution in [0.2, 0.25) is 0 Å². The van der Waals surface area contributed by atoms with Gasteiger partial charge in [-0.25, -0.2) is 4.79 Å². The minimum absolute atomic E-state index is 0.00299. The van der Waals surface area contributed by atoms with Gasteiger partial charge in [0.2, 0.25) is 0 Å². The van der Waals surface area contributed by atoms with Crippen LogP contribution in [0, 0.1) is 0 Å². The number of H-pyrrole nitrogens is 1. The van der Waals surface area contributed by atoms with Gasteiger partial charge < -0.3 is 19.9 Å². The number of aliphatic hydroxyl groups is 2. The molecule has 0 bridgehead atoms. The van der Waals surface area contributed by atoms with E-state index in [-0.39, 0.29) is 19.3 Å². The quantitative estimate of drug-likeness (QED) is 0.599. The Morgan fingerprint density at radius 2 is 2.24 bits per heavy atom. The number of hydrogen-bond acceptors (Lipinski definition) is 5. The van der Waals surface area contributed by atoms with Crippen molar-refractivity contribution in [1.82, 2.24) is 4.98 Å². The fraction of sp³-hybridized carbons (Fsp3) is 0.364. The second-order valence-corrected chi connectivity index (χ2v) is 3.76. The summed E-state index contributed by atoms with van der Waals surface area (Å²) in [5, 5.41) is 21.0. The van der Waals surface area contributed by atoms with Gasteiger partial charge in [-0.05, 0) is 24.6 Å². The summed E-state index contributed by atoms with van der Waals surface area (Å²) in [6, 6.07) is 4.93. The van der Waals surface area contributed by atoms with Crippen LogP contribution in [0.4, 0.5) is 5.69 Å². The van der Waals surface area contributed by atoms with Crippen molar-refractivity contribution in [3.8, 4) is 0 Å². The Hall–Kier alpha value is -1.79. The number of hydrogen-bond donors (Lipinski definition) is 4. The summed E-state index contributed by atoms with van der Waals surface area (Å²) in [5.41, 5.74) is 1.84. The summed E-state index contributed by atoms with van der Waals surface area (Å²) in [5.74, 6) is -0.494. The van der Waals surface area contributed by atoms with Crippen molar-refractivity contribution in [2.24, 2.45) is 0 Å². The molecule has 6 heteroatoms. The lowest BCUT2D eigenvalue weighted by Gasteiger charge is -2.16. The Morgan fingerprint density at radius 3 is 2.94 bits per heavy atom. The highest BCUT2D eigenvalue weighted by Crippen LogP contribution is 2.17. The number of rotatable bonds is 5. The molecule has 2 aromatic rings. The molecule has 6 nitrogen and oxygen atoms in total. The van der Waals surface area contributed by atoms with Gasteiger partial charge in [-0.3, -0.25) is 4.98 Å². The van der Waals surface area contributed by atoms with Crippen LogP contribution in [0.15, 0.2) is 27.4 Å². The topological polar surface area (TPSA) is 98.5 Å². The van der Waals surface area contributed by atoms with E-state index in [2.05, 4.69) is 10.3 Å². The molecule has 0 amide bonds. The van der Waals surface area contributed by atoms with Gasteiger partial charge in [0.15, 0.2) is 5.58 Å². The molecule has 17 heavy (non-hydrogen) atoms. The van der Waals surface area contributed by atoms with Gasteiger partial charge in [0.25, 0.3) is 0 Å². The number of aromatic nitrogens is 1. The van der Waals surface area contributed by atoms with E-state index in [1.807, 2.05) is 0 Å². The van der Waals surface area contributed by atoms with Crippen LogP contribution in [0.25, 0.3) is 11.1 Å². The van der Waals surface area contributed by atoms with Crippen LogP contribution in [0.3, 0.4) is 0 Å². The first-order chi connectivity index (χ1) is 8.22. The molecule has 92 valence electrons. The molecular formula is C11H14N2O4. The third-order valence-electron chi connectivity index (χ3n) is 2.49. The van der Waals surface area contributed by atoms with Gasteiger partial charge in [0.05, 0.1) is 18.2 Å². The van der Waals surface area contributed by atoms with E-state index in [4.69, 9.17) is 14.6 Å². The first-order valence-electron chi connectivity index (χ1n) is 5.34. The number of oxazole rings is 1. The van der Waals surface area contributed by atoms with Crippen molar-refractivity contribution in [3.63, 3.8) is 0 Å². The van der Waals surface area contributed by atoms with E-state index in [1.54, 1.807) is 18.2 Å². The minimum atomic E-state index is -0.494. The monoisotopic (exact) mass is 238 g/mol. The summed E-state index contributed by atoms with van der Waals surface area (Å²) in [4.78, 5) is 13.5. The smallest absolute Gasteiger partial charge is 0.408 e. The summed E-state index contributed by atoms with van der Waals surface area (Å²) in [6.45, 7) is -0.0660. The van der Waals surface area contributed by atoms with Gasteiger partial charge >= 0.3 is 5.76 Å². The summed E-state index contributed by atoms with van der Waals surface area (Å²) < 4.78 is 4.87. The van der Waals surface area contributed by atoms with E-state index in [1.165, 1.54) is 0 Å². The number of nitrogens with one attached hydrogen (secondary N) is 2. The van der Waals surface area contributed by atoms with Gasteiger partial charge in [-0.1, -0.05) is 0 Å². The third kappa shape index (κ3) is 2.66.